The lowest BCUT2D eigenvalue weighted by molar-refractivity contribution is -0.142. The van der Waals surface area contributed by atoms with Crippen LogP contribution in [0.4, 0.5) is 0 Å². The number of nitrogens with one attached hydrogen (secondary N) is 3. The molecule has 0 unspecified atom stereocenters. The van der Waals surface area contributed by atoms with Crippen molar-refractivity contribution in [3.05, 3.63) is 35.9 Å². The quantitative estimate of drug-likeness (QED) is 0.265. The van der Waals surface area contributed by atoms with Crippen LogP contribution in [-0.4, -0.2) is 59.7 Å². The van der Waals surface area contributed by atoms with Gasteiger partial charge in [-0.15, -0.1) is 0 Å². The molecule has 10 heteroatoms. The fourth-order valence-electron chi connectivity index (χ4n) is 2.01. The Morgan fingerprint density at radius 2 is 1.69 bits per heavy atom. The first kappa shape index (κ1) is 21.5. The van der Waals surface area contributed by atoms with E-state index in [0.29, 0.717) is 0 Å². The van der Waals surface area contributed by atoms with Gasteiger partial charge in [-0.25, -0.2) is 4.79 Å². The minimum Gasteiger partial charge on any atom is -0.480 e. The largest absolute Gasteiger partial charge is 0.480 e. The molecule has 0 aliphatic carbocycles. The highest BCUT2D eigenvalue weighted by atomic mass is 32.1. The van der Waals surface area contributed by atoms with Crippen LogP contribution in [0.3, 0.4) is 0 Å². The van der Waals surface area contributed by atoms with Gasteiger partial charge < -0.3 is 26.8 Å². The molecular weight excluding hydrogens is 360 g/mol. The average molecular weight is 382 g/mol. The van der Waals surface area contributed by atoms with Crippen LogP contribution in [0, 0.1) is 0 Å². The van der Waals surface area contributed by atoms with E-state index in [-0.39, 0.29) is 25.3 Å². The molecule has 0 saturated carbocycles. The predicted molar refractivity (Wildman–Crippen MR) is 97.6 cm³/mol. The molecule has 0 saturated heterocycles. The number of nitrogens with two attached hydrogens (primary N) is 1. The molecule has 142 valence electrons. The zero-order valence-electron chi connectivity index (χ0n) is 14.0. The predicted octanol–water partition coefficient (Wildman–Crippen LogP) is -1.71. The van der Waals surface area contributed by atoms with Crippen LogP contribution in [-0.2, 0) is 25.6 Å². The Bertz CT molecular complexity index is 641. The molecule has 0 heterocycles. The van der Waals surface area contributed by atoms with Crippen LogP contribution in [0.2, 0.25) is 0 Å². The van der Waals surface area contributed by atoms with Crippen LogP contribution in [0.25, 0.3) is 0 Å². The summed E-state index contributed by atoms with van der Waals surface area (Å²) in [5.74, 6) is -3.04. The number of carbonyl (C=O) groups is 4. The molecular formula is C16H22N4O5S. The Labute approximate surface area is 156 Å². The zero-order chi connectivity index (χ0) is 19.5. The molecule has 0 aliphatic heterocycles. The number of hydrogen-bond donors (Lipinski definition) is 6. The van der Waals surface area contributed by atoms with Crippen LogP contribution in [0.5, 0.6) is 0 Å². The van der Waals surface area contributed by atoms with Crippen molar-refractivity contribution in [3.63, 3.8) is 0 Å². The number of benzene rings is 1. The van der Waals surface area contributed by atoms with Gasteiger partial charge in [0.25, 0.3) is 0 Å². The molecule has 1 aromatic rings. The maximum Gasteiger partial charge on any atom is 0.326 e. The number of carboxylic acid groups (broad SMARTS) is 1. The van der Waals surface area contributed by atoms with Crippen molar-refractivity contribution in [2.75, 3.05) is 18.8 Å². The van der Waals surface area contributed by atoms with Crippen molar-refractivity contribution in [2.45, 2.75) is 18.5 Å². The minimum absolute atomic E-state index is 0.0416. The third-order valence-electron chi connectivity index (χ3n) is 3.36. The third-order valence-corrected chi connectivity index (χ3v) is 3.73. The summed E-state index contributed by atoms with van der Waals surface area (Å²) in [6.45, 7) is -0.608. The Balaban J connectivity index is 2.63. The number of thiol groups is 1. The molecule has 0 aliphatic rings. The molecule has 1 aromatic carbocycles. The number of aliphatic carboxylic acids is 1. The average Bonchev–Trinajstić information content (AvgIpc) is 2.64. The molecule has 0 spiro atoms. The lowest BCUT2D eigenvalue weighted by atomic mass is 10.1. The van der Waals surface area contributed by atoms with Gasteiger partial charge in [-0.3, -0.25) is 14.4 Å². The second-order valence-corrected chi connectivity index (χ2v) is 5.74. The van der Waals surface area contributed by atoms with E-state index in [2.05, 4.69) is 28.6 Å². The number of carboxylic acids is 1. The number of carbonyl (C=O) groups excluding carboxylic acids is 3. The van der Waals surface area contributed by atoms with Crippen LogP contribution >= 0.6 is 12.6 Å². The maximum absolute atomic E-state index is 12.3. The smallest absolute Gasteiger partial charge is 0.326 e. The van der Waals surface area contributed by atoms with Crippen molar-refractivity contribution < 1.29 is 24.3 Å². The summed E-state index contributed by atoms with van der Waals surface area (Å²) in [7, 11) is 0. The third kappa shape index (κ3) is 7.53. The van der Waals surface area contributed by atoms with Gasteiger partial charge in [-0.1, -0.05) is 30.3 Å². The van der Waals surface area contributed by atoms with Gasteiger partial charge >= 0.3 is 5.97 Å². The molecule has 26 heavy (non-hydrogen) atoms. The number of amides is 3. The maximum atomic E-state index is 12.3. The first-order chi connectivity index (χ1) is 12.4. The lowest BCUT2D eigenvalue weighted by Crippen LogP contribution is -2.54. The van der Waals surface area contributed by atoms with E-state index in [4.69, 9.17) is 5.73 Å². The van der Waals surface area contributed by atoms with E-state index in [1.54, 1.807) is 30.3 Å². The van der Waals surface area contributed by atoms with Gasteiger partial charge in [0.2, 0.25) is 17.7 Å². The van der Waals surface area contributed by atoms with E-state index in [1.165, 1.54) is 0 Å². The van der Waals surface area contributed by atoms with Crippen molar-refractivity contribution in [2.24, 2.45) is 5.73 Å². The summed E-state index contributed by atoms with van der Waals surface area (Å²) in [5.41, 5.74) is 5.85. The van der Waals surface area contributed by atoms with E-state index in [0.717, 1.165) is 5.56 Å². The van der Waals surface area contributed by atoms with Crippen molar-refractivity contribution in [1.29, 1.82) is 0 Å². The summed E-state index contributed by atoms with van der Waals surface area (Å²) in [6, 6.07) is 6.64. The Kier molecular flexibility index (Phi) is 9.17. The van der Waals surface area contributed by atoms with Gasteiger partial charge in [0.05, 0.1) is 13.1 Å². The molecule has 0 aromatic heterocycles. The van der Waals surface area contributed by atoms with Crippen LogP contribution in [0.15, 0.2) is 30.3 Å². The minimum atomic E-state index is -1.19. The molecule has 0 fully saturated rings. The number of rotatable bonds is 10. The second-order valence-electron chi connectivity index (χ2n) is 5.37. The summed E-state index contributed by atoms with van der Waals surface area (Å²) in [4.78, 5) is 46.4. The normalized spacial score (nSPS) is 12.5. The first-order valence-electron chi connectivity index (χ1n) is 7.81. The first-order valence-corrected chi connectivity index (χ1v) is 8.44. The van der Waals surface area contributed by atoms with E-state index in [1.807, 2.05) is 0 Å². The molecule has 9 nitrogen and oxygen atoms in total. The standard InChI is InChI=1S/C16H22N4O5S/c17-7-13(21)18-8-14(22)19-12(9-26)15(23)20-11(16(24)25)6-10-4-2-1-3-5-10/h1-5,11-12,26H,6-9,17H2,(H,18,21)(H,19,22)(H,20,23)(H,24,25)/t11-,12-/m0/s1. The highest BCUT2D eigenvalue weighted by molar-refractivity contribution is 7.80. The van der Waals surface area contributed by atoms with Crippen molar-refractivity contribution >= 4 is 36.3 Å². The molecule has 0 bridgehead atoms. The van der Waals surface area contributed by atoms with Gasteiger partial charge in [0.1, 0.15) is 12.1 Å². The summed E-state index contributed by atoms with van der Waals surface area (Å²) in [5, 5.41) is 16.3. The van der Waals surface area contributed by atoms with Gasteiger partial charge in [0.15, 0.2) is 0 Å². The fraction of sp³-hybridized carbons (Fsp3) is 0.375. The lowest BCUT2D eigenvalue weighted by Gasteiger charge is -2.20. The van der Waals surface area contributed by atoms with Gasteiger partial charge in [-0.2, -0.15) is 12.6 Å². The summed E-state index contributed by atoms with van der Waals surface area (Å²) < 4.78 is 0. The van der Waals surface area contributed by atoms with E-state index in [9.17, 15) is 24.3 Å². The fourth-order valence-corrected chi connectivity index (χ4v) is 2.27. The molecule has 6 N–H and O–H groups in total. The van der Waals surface area contributed by atoms with E-state index < -0.39 is 35.8 Å². The molecule has 1 rings (SSSR count). The van der Waals surface area contributed by atoms with Gasteiger partial charge in [-0.05, 0) is 5.56 Å². The van der Waals surface area contributed by atoms with Crippen LogP contribution < -0.4 is 21.7 Å². The molecule has 2 atom stereocenters. The second kappa shape index (κ2) is 11.1. The molecule has 3 amide bonds. The number of hydrogen-bond acceptors (Lipinski definition) is 6. The van der Waals surface area contributed by atoms with Crippen LogP contribution in [0.1, 0.15) is 5.56 Å². The summed E-state index contributed by atoms with van der Waals surface area (Å²) in [6.07, 6.45) is 0.0989. The highest BCUT2D eigenvalue weighted by Gasteiger charge is 2.26. The van der Waals surface area contributed by atoms with Crippen molar-refractivity contribution in [3.8, 4) is 0 Å². The van der Waals surface area contributed by atoms with Gasteiger partial charge in [0, 0.05) is 12.2 Å². The monoisotopic (exact) mass is 382 g/mol. The Morgan fingerprint density at radius 1 is 1.04 bits per heavy atom. The topological polar surface area (TPSA) is 151 Å². The molecule has 0 radical (unpaired) electrons. The van der Waals surface area contributed by atoms with Crippen molar-refractivity contribution in [1.82, 2.24) is 16.0 Å². The van der Waals surface area contributed by atoms with E-state index >= 15 is 0 Å². The summed E-state index contributed by atoms with van der Waals surface area (Å²) >= 11 is 4.00. The zero-order valence-corrected chi connectivity index (χ0v) is 14.9. The SMILES string of the molecule is NCC(=O)NCC(=O)N[C@@H](CS)C(=O)N[C@@H](Cc1ccccc1)C(=O)O. The highest BCUT2D eigenvalue weighted by Crippen LogP contribution is 2.04. The Hall–Kier alpha value is -2.59. The Morgan fingerprint density at radius 3 is 2.23 bits per heavy atom.